The van der Waals surface area contributed by atoms with Gasteiger partial charge in [0.25, 0.3) is 0 Å². The molecule has 4 heterocycles. The number of rotatable bonds is 5. The fraction of sp³-hybridized carbons (Fsp3) is 0.214. The summed E-state index contributed by atoms with van der Waals surface area (Å²) >= 11 is 0. The van der Waals surface area contributed by atoms with Crippen molar-refractivity contribution in [2.24, 2.45) is 0 Å². The van der Waals surface area contributed by atoms with Gasteiger partial charge in [-0.2, -0.15) is 5.10 Å². The summed E-state index contributed by atoms with van der Waals surface area (Å²) in [5.74, 6) is -0.234. The van der Waals surface area contributed by atoms with Crippen molar-refractivity contribution in [2.75, 3.05) is 38.1 Å². The first-order valence-corrected chi connectivity index (χ1v) is 11.9. The molecule has 35 heavy (non-hydrogen) atoms. The van der Waals surface area contributed by atoms with Crippen molar-refractivity contribution in [1.29, 1.82) is 0 Å². The van der Waals surface area contributed by atoms with Crippen LogP contribution in [0.15, 0.2) is 79.4 Å². The molecular formula is C28H27FN6. The van der Waals surface area contributed by atoms with Gasteiger partial charge in [0.1, 0.15) is 11.5 Å². The van der Waals surface area contributed by atoms with Gasteiger partial charge < -0.3 is 14.8 Å². The van der Waals surface area contributed by atoms with Crippen molar-refractivity contribution in [3.8, 4) is 22.3 Å². The second kappa shape index (κ2) is 9.00. The Bertz CT molecular complexity index is 1480. The fourth-order valence-electron chi connectivity index (χ4n) is 4.76. The third-order valence-electron chi connectivity index (χ3n) is 6.76. The van der Waals surface area contributed by atoms with Crippen molar-refractivity contribution in [1.82, 2.24) is 24.6 Å². The zero-order valence-corrected chi connectivity index (χ0v) is 19.7. The van der Waals surface area contributed by atoms with E-state index >= 15 is 0 Å². The van der Waals surface area contributed by atoms with Gasteiger partial charge in [0.2, 0.25) is 0 Å². The number of likely N-dealkylation sites (N-methyl/N-ethyl adjacent to an activating group) is 1. The molecule has 3 aromatic heterocycles. The molecular weight excluding hydrogens is 439 g/mol. The molecule has 6 nitrogen and oxygen atoms in total. The van der Waals surface area contributed by atoms with Crippen LogP contribution in [0.5, 0.6) is 0 Å². The topological polar surface area (TPSA) is 53.0 Å². The molecule has 7 heteroatoms. The molecule has 0 atom stereocenters. The third kappa shape index (κ3) is 4.42. The highest BCUT2D eigenvalue weighted by Crippen LogP contribution is 2.32. The number of fused-ring (bicyclic) bond motifs is 1. The van der Waals surface area contributed by atoms with E-state index in [0.717, 1.165) is 65.0 Å². The molecule has 1 aliphatic rings. The second-order valence-electron chi connectivity index (χ2n) is 9.22. The molecule has 0 spiro atoms. The van der Waals surface area contributed by atoms with Crippen LogP contribution in [0, 0.1) is 5.82 Å². The minimum atomic E-state index is -0.234. The van der Waals surface area contributed by atoms with Crippen LogP contribution in [0.25, 0.3) is 33.3 Å². The van der Waals surface area contributed by atoms with E-state index in [-0.39, 0.29) is 5.82 Å². The van der Waals surface area contributed by atoms with E-state index in [0.29, 0.717) is 6.54 Å². The van der Waals surface area contributed by atoms with E-state index in [1.807, 2.05) is 35.5 Å². The number of aromatic nitrogens is 4. The van der Waals surface area contributed by atoms with Crippen LogP contribution in [0.3, 0.4) is 0 Å². The Labute approximate surface area is 203 Å². The SMILES string of the molecule is CN1CCN(c2cccc(-c3cnc4[nH]cc(-c5cnn(Cc6cccc(F)c6)c5)c4c3)c2)CC1. The molecule has 2 aromatic carbocycles. The lowest BCUT2D eigenvalue weighted by atomic mass is 10.0. The Morgan fingerprint density at radius 3 is 2.63 bits per heavy atom. The van der Waals surface area contributed by atoms with Gasteiger partial charge in [-0.05, 0) is 48.5 Å². The van der Waals surface area contributed by atoms with E-state index < -0.39 is 0 Å². The normalized spacial score (nSPS) is 14.6. The fourth-order valence-corrected chi connectivity index (χ4v) is 4.76. The van der Waals surface area contributed by atoms with Crippen molar-refractivity contribution in [3.05, 3.63) is 90.8 Å². The third-order valence-corrected chi connectivity index (χ3v) is 6.76. The second-order valence-corrected chi connectivity index (χ2v) is 9.22. The number of hydrogen-bond donors (Lipinski definition) is 1. The van der Waals surface area contributed by atoms with E-state index in [4.69, 9.17) is 4.98 Å². The summed E-state index contributed by atoms with van der Waals surface area (Å²) in [6.07, 6.45) is 7.75. The predicted molar refractivity (Wildman–Crippen MR) is 138 cm³/mol. The summed E-state index contributed by atoms with van der Waals surface area (Å²) in [4.78, 5) is 12.8. The maximum absolute atomic E-state index is 13.6. The summed E-state index contributed by atoms with van der Waals surface area (Å²) in [5, 5.41) is 5.56. The number of hydrogen-bond acceptors (Lipinski definition) is 4. The first kappa shape index (κ1) is 21.6. The van der Waals surface area contributed by atoms with Crippen LogP contribution >= 0.6 is 0 Å². The van der Waals surface area contributed by atoms with Crippen molar-refractivity contribution < 1.29 is 4.39 Å². The Morgan fingerprint density at radius 2 is 1.77 bits per heavy atom. The first-order valence-electron chi connectivity index (χ1n) is 11.9. The highest BCUT2D eigenvalue weighted by atomic mass is 19.1. The van der Waals surface area contributed by atoms with Crippen LogP contribution in [0.1, 0.15) is 5.56 Å². The predicted octanol–water partition coefficient (Wildman–Crippen LogP) is 5.03. The number of pyridine rings is 1. The number of halogens is 1. The minimum absolute atomic E-state index is 0.234. The Hall–Kier alpha value is -3.97. The van der Waals surface area contributed by atoms with Gasteiger partial charge in [0, 0.05) is 72.5 Å². The first-order chi connectivity index (χ1) is 17.1. The molecule has 1 N–H and O–H groups in total. The molecule has 5 aromatic rings. The van der Waals surface area contributed by atoms with Crippen molar-refractivity contribution in [3.63, 3.8) is 0 Å². The number of nitrogens with zero attached hydrogens (tertiary/aromatic N) is 5. The zero-order valence-electron chi connectivity index (χ0n) is 19.7. The largest absolute Gasteiger partial charge is 0.369 e. The number of H-pyrrole nitrogens is 1. The number of nitrogens with one attached hydrogen (secondary N) is 1. The van der Waals surface area contributed by atoms with Gasteiger partial charge in [-0.15, -0.1) is 0 Å². The average Bonchev–Trinajstić information content (AvgIpc) is 3.51. The molecule has 1 saturated heterocycles. The lowest BCUT2D eigenvalue weighted by Gasteiger charge is -2.34. The Balaban J connectivity index is 1.29. The van der Waals surface area contributed by atoms with E-state index in [9.17, 15) is 4.39 Å². The zero-order chi connectivity index (χ0) is 23.8. The Kier molecular flexibility index (Phi) is 5.54. The molecule has 0 aliphatic carbocycles. The Morgan fingerprint density at radius 1 is 0.914 bits per heavy atom. The van der Waals surface area contributed by atoms with Gasteiger partial charge in [-0.1, -0.05) is 24.3 Å². The van der Waals surface area contributed by atoms with Gasteiger partial charge in [-0.25, -0.2) is 9.37 Å². The van der Waals surface area contributed by atoms with Gasteiger partial charge in [0.15, 0.2) is 0 Å². The van der Waals surface area contributed by atoms with Gasteiger partial charge in [-0.3, -0.25) is 4.68 Å². The maximum atomic E-state index is 13.6. The van der Waals surface area contributed by atoms with Gasteiger partial charge in [0.05, 0.1) is 12.7 Å². The monoisotopic (exact) mass is 466 g/mol. The quantitative estimate of drug-likeness (QED) is 0.395. The van der Waals surface area contributed by atoms with Crippen LogP contribution < -0.4 is 4.90 Å². The lowest BCUT2D eigenvalue weighted by molar-refractivity contribution is 0.313. The highest BCUT2D eigenvalue weighted by Gasteiger charge is 2.16. The van der Waals surface area contributed by atoms with Crippen molar-refractivity contribution >= 4 is 16.7 Å². The number of anilines is 1. The number of piperazine rings is 1. The minimum Gasteiger partial charge on any atom is -0.369 e. The molecule has 176 valence electrons. The van der Waals surface area contributed by atoms with E-state index in [1.54, 1.807) is 12.1 Å². The van der Waals surface area contributed by atoms with Crippen molar-refractivity contribution in [2.45, 2.75) is 6.54 Å². The molecule has 0 bridgehead atoms. The van der Waals surface area contributed by atoms with Crippen LogP contribution in [-0.2, 0) is 6.54 Å². The average molecular weight is 467 g/mol. The van der Waals surface area contributed by atoms with Gasteiger partial charge >= 0.3 is 0 Å². The smallest absolute Gasteiger partial charge is 0.137 e. The summed E-state index contributed by atoms with van der Waals surface area (Å²) in [6, 6.07) is 17.5. The lowest BCUT2D eigenvalue weighted by Crippen LogP contribution is -2.44. The number of benzene rings is 2. The maximum Gasteiger partial charge on any atom is 0.137 e. The summed E-state index contributed by atoms with van der Waals surface area (Å²) < 4.78 is 15.4. The highest BCUT2D eigenvalue weighted by molar-refractivity contribution is 5.95. The molecule has 6 rings (SSSR count). The van der Waals surface area contributed by atoms with E-state index in [1.165, 1.54) is 11.8 Å². The molecule has 0 unspecified atom stereocenters. The van der Waals surface area contributed by atoms with Crippen LogP contribution in [0.4, 0.5) is 10.1 Å². The van der Waals surface area contributed by atoms with Crippen LogP contribution in [0.2, 0.25) is 0 Å². The summed E-state index contributed by atoms with van der Waals surface area (Å²) in [5.41, 5.74) is 7.27. The summed E-state index contributed by atoms with van der Waals surface area (Å²) in [6.45, 7) is 4.76. The molecule has 0 saturated carbocycles. The van der Waals surface area contributed by atoms with Crippen LogP contribution in [-0.4, -0.2) is 57.9 Å². The summed E-state index contributed by atoms with van der Waals surface area (Å²) in [7, 11) is 2.17. The molecule has 1 aliphatic heterocycles. The number of aromatic amines is 1. The molecule has 0 radical (unpaired) electrons. The van der Waals surface area contributed by atoms with E-state index in [2.05, 4.69) is 57.3 Å². The molecule has 0 amide bonds. The standard InChI is InChI=1S/C28H27FN6/c1-33-8-10-34(11-9-33)25-7-3-5-21(13-25)22-14-26-27(17-31-28(26)30-15-22)23-16-32-35(19-23)18-20-4-2-6-24(29)12-20/h2-7,12-17,19H,8-11,18H2,1H3,(H,30,31). The molecule has 1 fully saturated rings.